The van der Waals surface area contributed by atoms with Gasteiger partial charge in [-0.1, -0.05) is 0 Å². The fourth-order valence-corrected chi connectivity index (χ4v) is 3.25. The van der Waals surface area contributed by atoms with Crippen LogP contribution in [0.15, 0.2) is 87.5 Å². The molecular formula is C18H15K2NaO12S3. The molecule has 180 valence electrons. The predicted molar refractivity (Wildman–Crippen MR) is 108 cm³/mol. The van der Waals surface area contributed by atoms with Crippen molar-refractivity contribution in [2.75, 3.05) is 0 Å². The van der Waals surface area contributed by atoms with Crippen LogP contribution in [0, 0.1) is 0 Å². The molecule has 3 rings (SSSR count). The van der Waals surface area contributed by atoms with Gasteiger partial charge in [0, 0.05) is 0 Å². The third kappa shape index (κ3) is 16.9. The van der Waals surface area contributed by atoms with Crippen LogP contribution in [0.5, 0.6) is 17.2 Å². The van der Waals surface area contributed by atoms with Crippen molar-refractivity contribution in [2.24, 2.45) is 0 Å². The summed E-state index contributed by atoms with van der Waals surface area (Å²) in [6.07, 6.45) is 0. The van der Waals surface area contributed by atoms with Crippen LogP contribution in [0.2, 0.25) is 0 Å². The van der Waals surface area contributed by atoms with Crippen LogP contribution >= 0.6 is 0 Å². The summed E-state index contributed by atoms with van der Waals surface area (Å²) in [6, 6.07) is 13.2. The van der Waals surface area contributed by atoms with E-state index in [-0.39, 0.29) is 164 Å². The van der Waals surface area contributed by atoms with Crippen molar-refractivity contribution in [1.29, 1.82) is 0 Å². The van der Waals surface area contributed by atoms with Gasteiger partial charge in [-0.05, 0) is 72.8 Å². The number of rotatable bonds is 3. The Morgan fingerprint density at radius 3 is 0.667 bits per heavy atom. The van der Waals surface area contributed by atoms with Gasteiger partial charge in [-0.2, -0.15) is 0 Å². The van der Waals surface area contributed by atoms with Crippen LogP contribution in [0.4, 0.5) is 0 Å². The summed E-state index contributed by atoms with van der Waals surface area (Å²) in [7, 11) is -13.1. The second-order valence-electron chi connectivity index (χ2n) is 5.84. The third-order valence-electron chi connectivity index (χ3n) is 3.38. The molecule has 0 heterocycles. The monoisotopic (exact) mass is 620 g/mol. The minimum absolute atomic E-state index is 0. The van der Waals surface area contributed by atoms with E-state index in [0.717, 1.165) is 72.8 Å². The molecule has 3 aromatic rings. The van der Waals surface area contributed by atoms with Gasteiger partial charge < -0.3 is 29.0 Å². The quantitative estimate of drug-likeness (QED) is 0.183. The van der Waals surface area contributed by atoms with Crippen molar-refractivity contribution in [1.82, 2.24) is 0 Å². The zero-order valence-corrected chi connectivity index (χ0v) is 29.9. The van der Waals surface area contributed by atoms with Crippen molar-refractivity contribution >= 4 is 30.4 Å². The zero-order valence-electron chi connectivity index (χ0n) is 19.2. The molecule has 0 aromatic heterocycles. The Morgan fingerprint density at radius 2 is 0.556 bits per heavy atom. The SMILES string of the molecule is O=S(=O)([O-])c1ccc(O)cc1.O=S(=O)([O-])c1ccc(O)cc1.O=S(=O)([O-])c1ccc(O)cc1.[K+].[K+].[Na+]. The molecule has 0 saturated carbocycles. The summed E-state index contributed by atoms with van der Waals surface area (Å²) in [5.74, 6) is -0.216. The molecule has 18 heteroatoms. The average Bonchev–Trinajstić information content (AvgIpc) is 2.68. The minimum Gasteiger partial charge on any atom is -0.744 e. The van der Waals surface area contributed by atoms with Crippen LogP contribution in [0.3, 0.4) is 0 Å². The number of phenols is 3. The first-order valence-electron chi connectivity index (χ1n) is 8.25. The molecule has 0 atom stereocenters. The number of hydrogen-bond acceptors (Lipinski definition) is 12. The van der Waals surface area contributed by atoms with Gasteiger partial charge in [0.1, 0.15) is 47.6 Å². The molecule has 0 spiro atoms. The van der Waals surface area contributed by atoms with Gasteiger partial charge in [-0.15, -0.1) is 0 Å². The topological polar surface area (TPSA) is 232 Å². The standard InChI is InChI=1S/3C6H6O4S.2K.Na/c3*7-5-1-3-6(4-2-5)11(8,9)10;;;/h3*1-4,7H,(H,8,9,10);;;/q;;;3*+1/p-3. The molecule has 0 bridgehead atoms. The van der Waals surface area contributed by atoms with E-state index in [1.165, 1.54) is 0 Å². The molecule has 0 saturated heterocycles. The summed E-state index contributed by atoms with van der Waals surface area (Å²) >= 11 is 0. The summed E-state index contributed by atoms with van der Waals surface area (Å²) in [5.41, 5.74) is 0. The molecule has 0 fully saturated rings. The van der Waals surface area contributed by atoms with Gasteiger partial charge >= 0.3 is 132 Å². The van der Waals surface area contributed by atoms with Crippen molar-refractivity contribution in [3.05, 3.63) is 72.8 Å². The first-order valence-corrected chi connectivity index (χ1v) is 12.5. The van der Waals surface area contributed by atoms with E-state index in [9.17, 15) is 38.9 Å². The Bertz CT molecular complexity index is 1200. The van der Waals surface area contributed by atoms with Gasteiger partial charge in [0.2, 0.25) is 0 Å². The Morgan fingerprint density at radius 1 is 0.417 bits per heavy atom. The molecule has 0 unspecified atom stereocenters. The van der Waals surface area contributed by atoms with Gasteiger partial charge in [-0.25, -0.2) is 25.3 Å². The summed E-state index contributed by atoms with van der Waals surface area (Å²) < 4.78 is 92.8. The van der Waals surface area contributed by atoms with Gasteiger partial charge in [-0.3, -0.25) is 0 Å². The molecule has 3 aromatic carbocycles. The molecule has 36 heavy (non-hydrogen) atoms. The Labute approximate surface area is 315 Å². The van der Waals surface area contributed by atoms with E-state index in [1.54, 1.807) is 0 Å². The Balaban J connectivity index is -0.000000436. The summed E-state index contributed by atoms with van der Waals surface area (Å²) in [4.78, 5) is -1.01. The van der Waals surface area contributed by atoms with Crippen LogP contribution in [-0.4, -0.2) is 54.2 Å². The number of aromatic hydroxyl groups is 3. The summed E-state index contributed by atoms with van der Waals surface area (Å²) in [5, 5.41) is 26.2. The maximum atomic E-state index is 10.3. The number of hydrogen-bond donors (Lipinski definition) is 3. The van der Waals surface area contributed by atoms with E-state index in [4.69, 9.17) is 15.3 Å². The fraction of sp³-hybridized carbons (Fsp3) is 0. The molecule has 0 aliphatic carbocycles. The third-order valence-corrected chi connectivity index (χ3v) is 5.92. The van der Waals surface area contributed by atoms with Gasteiger partial charge in [0.05, 0.1) is 14.7 Å². The number of phenolic OH excluding ortho intramolecular Hbond substituents is 3. The van der Waals surface area contributed by atoms with Crippen LogP contribution in [-0.2, 0) is 30.4 Å². The average molecular weight is 621 g/mol. The first-order chi connectivity index (χ1) is 15.0. The van der Waals surface area contributed by atoms with Gasteiger partial charge in [0.15, 0.2) is 0 Å². The zero-order chi connectivity index (χ0) is 25.4. The van der Waals surface area contributed by atoms with E-state index < -0.39 is 30.4 Å². The van der Waals surface area contributed by atoms with E-state index in [0.29, 0.717) is 0 Å². The van der Waals surface area contributed by atoms with Gasteiger partial charge in [0.25, 0.3) is 0 Å². The maximum Gasteiger partial charge on any atom is 1.00 e. The van der Waals surface area contributed by atoms with E-state index in [2.05, 4.69) is 0 Å². The second kappa shape index (κ2) is 18.4. The molecule has 0 aliphatic rings. The van der Waals surface area contributed by atoms with Crippen molar-refractivity contribution in [2.45, 2.75) is 14.7 Å². The molecule has 3 N–H and O–H groups in total. The van der Waals surface area contributed by atoms with Crippen molar-refractivity contribution in [3.63, 3.8) is 0 Å². The molecule has 12 nitrogen and oxygen atoms in total. The fourth-order valence-electron chi connectivity index (χ4n) is 1.84. The molecule has 0 aliphatic heterocycles. The second-order valence-corrected chi connectivity index (χ2v) is 9.98. The van der Waals surface area contributed by atoms with Crippen LogP contribution in [0.1, 0.15) is 0 Å². The van der Waals surface area contributed by atoms with E-state index in [1.807, 2.05) is 0 Å². The number of benzene rings is 3. The maximum absolute atomic E-state index is 10.3. The largest absolute Gasteiger partial charge is 1.00 e. The molecular weight excluding hydrogens is 606 g/mol. The van der Waals surface area contributed by atoms with E-state index >= 15 is 0 Å². The Kier molecular flexibility index (Phi) is 21.3. The van der Waals surface area contributed by atoms with Crippen LogP contribution in [0.25, 0.3) is 0 Å². The molecule has 0 radical (unpaired) electrons. The van der Waals surface area contributed by atoms with Crippen LogP contribution < -0.4 is 132 Å². The predicted octanol–water partition coefficient (Wildman–Crippen LogP) is -8.10. The summed E-state index contributed by atoms with van der Waals surface area (Å²) in [6.45, 7) is 0. The molecule has 0 amide bonds. The van der Waals surface area contributed by atoms with Crippen molar-refractivity contribution < 1.29 is 187 Å². The minimum atomic E-state index is -4.38. The smallest absolute Gasteiger partial charge is 0.744 e. The first kappa shape index (κ1) is 41.5. The van der Waals surface area contributed by atoms with Crippen molar-refractivity contribution in [3.8, 4) is 17.2 Å². The Hall–Kier alpha value is 1.06. The normalized spacial score (nSPS) is 10.4.